The van der Waals surface area contributed by atoms with Crippen LogP contribution in [-0.4, -0.2) is 19.3 Å². The molecule has 90 valence electrons. The Morgan fingerprint density at radius 1 is 1.47 bits per heavy atom. The summed E-state index contributed by atoms with van der Waals surface area (Å²) in [6.45, 7) is 0.410. The van der Waals surface area contributed by atoms with Crippen LogP contribution < -0.4 is 17.0 Å². The highest BCUT2D eigenvalue weighted by atomic mass is 16.2. The molecule has 2 aromatic rings. The molecule has 0 aliphatic heterocycles. The second-order valence-corrected chi connectivity index (χ2v) is 3.79. The third-order valence-corrected chi connectivity index (χ3v) is 2.45. The van der Waals surface area contributed by atoms with E-state index in [-0.39, 0.29) is 5.82 Å². The maximum absolute atomic E-state index is 11.5. The second-order valence-electron chi connectivity index (χ2n) is 3.79. The lowest BCUT2D eigenvalue weighted by Crippen LogP contribution is -2.31. The van der Waals surface area contributed by atoms with Gasteiger partial charge in [-0.15, -0.1) is 0 Å². The van der Waals surface area contributed by atoms with Gasteiger partial charge in [-0.1, -0.05) is 0 Å². The molecule has 0 saturated carbocycles. The van der Waals surface area contributed by atoms with Crippen LogP contribution in [0, 0.1) is 0 Å². The van der Waals surface area contributed by atoms with Crippen molar-refractivity contribution in [1.29, 1.82) is 0 Å². The average Bonchev–Trinajstić information content (AvgIpc) is 2.62. The van der Waals surface area contributed by atoms with Gasteiger partial charge < -0.3 is 5.73 Å². The maximum Gasteiger partial charge on any atom is 0.329 e. The van der Waals surface area contributed by atoms with Gasteiger partial charge in [-0.25, -0.2) is 4.79 Å². The van der Waals surface area contributed by atoms with Crippen molar-refractivity contribution >= 4 is 5.82 Å². The van der Waals surface area contributed by atoms with Crippen molar-refractivity contribution < 1.29 is 0 Å². The van der Waals surface area contributed by atoms with Crippen LogP contribution in [-0.2, 0) is 20.0 Å². The summed E-state index contributed by atoms with van der Waals surface area (Å²) in [5, 5.41) is 4.03. The number of anilines is 1. The van der Waals surface area contributed by atoms with Crippen LogP contribution >= 0.6 is 0 Å². The van der Waals surface area contributed by atoms with Crippen molar-refractivity contribution in [3.8, 4) is 0 Å². The van der Waals surface area contributed by atoms with E-state index >= 15 is 0 Å². The van der Waals surface area contributed by atoms with Crippen LogP contribution in [0.5, 0.6) is 0 Å². The largest absolute Gasteiger partial charge is 0.385 e. The summed E-state index contributed by atoms with van der Waals surface area (Å²) in [5.74, 6) is 0.169. The highest BCUT2D eigenvalue weighted by molar-refractivity contribution is 5.26. The van der Waals surface area contributed by atoms with E-state index in [1.807, 2.05) is 13.2 Å². The Hall–Kier alpha value is -2.31. The van der Waals surface area contributed by atoms with Gasteiger partial charge in [-0.05, 0) is 12.0 Å². The predicted molar refractivity (Wildman–Crippen MR) is 62.6 cm³/mol. The minimum Gasteiger partial charge on any atom is -0.385 e. The second kappa shape index (κ2) is 4.28. The van der Waals surface area contributed by atoms with E-state index in [1.54, 1.807) is 10.9 Å². The summed E-state index contributed by atoms with van der Waals surface area (Å²) >= 11 is 0. The number of hydrogen-bond acceptors (Lipinski definition) is 4. The van der Waals surface area contributed by atoms with Gasteiger partial charge in [0.25, 0.3) is 5.56 Å². The Labute approximate surface area is 96.5 Å². The van der Waals surface area contributed by atoms with Crippen molar-refractivity contribution in [1.82, 2.24) is 19.3 Å². The molecular formula is C10H13N5O2. The zero-order chi connectivity index (χ0) is 12.4. The number of rotatable bonds is 3. The summed E-state index contributed by atoms with van der Waals surface area (Å²) in [5.41, 5.74) is 5.65. The van der Waals surface area contributed by atoms with Crippen LogP contribution in [0.4, 0.5) is 5.82 Å². The van der Waals surface area contributed by atoms with Gasteiger partial charge in [0.2, 0.25) is 0 Å². The predicted octanol–water partition coefficient (Wildman–Crippen LogP) is -0.905. The highest BCUT2D eigenvalue weighted by Gasteiger charge is 2.03. The molecule has 7 heteroatoms. The van der Waals surface area contributed by atoms with Gasteiger partial charge in [-0.3, -0.25) is 19.0 Å². The molecule has 0 saturated heterocycles. The molecule has 7 nitrogen and oxygen atoms in total. The van der Waals surface area contributed by atoms with Crippen LogP contribution in [0.25, 0.3) is 0 Å². The van der Waals surface area contributed by atoms with Crippen molar-refractivity contribution in [3.63, 3.8) is 0 Å². The lowest BCUT2D eigenvalue weighted by atomic mass is 10.2. The summed E-state index contributed by atoms with van der Waals surface area (Å²) in [6, 6.07) is 1.20. The minimum absolute atomic E-state index is 0.169. The van der Waals surface area contributed by atoms with Crippen LogP contribution in [0.3, 0.4) is 0 Å². The standard InChI is InChI=1S/C10H13N5O2/c1-14-6-7(5-12-14)2-3-15-8(11)4-9(16)13-10(15)17/h4-6H,2-3,11H2,1H3,(H,13,16,17). The van der Waals surface area contributed by atoms with E-state index in [4.69, 9.17) is 5.73 Å². The van der Waals surface area contributed by atoms with Gasteiger partial charge in [0.05, 0.1) is 6.20 Å². The number of nitrogens with two attached hydrogens (primary N) is 1. The van der Waals surface area contributed by atoms with E-state index in [9.17, 15) is 9.59 Å². The van der Waals surface area contributed by atoms with Crippen LogP contribution in [0.1, 0.15) is 5.56 Å². The van der Waals surface area contributed by atoms with Crippen molar-refractivity contribution in [2.24, 2.45) is 7.05 Å². The third-order valence-electron chi connectivity index (χ3n) is 2.45. The SMILES string of the molecule is Cn1cc(CCn2c(N)cc(=O)[nH]c2=O)cn1. The number of hydrogen-bond donors (Lipinski definition) is 2. The number of H-pyrrole nitrogens is 1. The summed E-state index contributed by atoms with van der Waals surface area (Å²) in [6.07, 6.45) is 4.23. The third kappa shape index (κ3) is 2.44. The smallest absolute Gasteiger partial charge is 0.329 e. The molecule has 0 bridgehead atoms. The summed E-state index contributed by atoms with van der Waals surface area (Å²) < 4.78 is 3.02. The first-order chi connectivity index (χ1) is 8.06. The molecule has 0 unspecified atom stereocenters. The van der Waals surface area contributed by atoms with E-state index < -0.39 is 11.2 Å². The summed E-state index contributed by atoms with van der Waals surface area (Å²) in [4.78, 5) is 24.6. The van der Waals surface area contributed by atoms with Crippen LogP contribution in [0.15, 0.2) is 28.0 Å². The van der Waals surface area contributed by atoms with Gasteiger partial charge in [0, 0.05) is 25.9 Å². The molecule has 2 heterocycles. The topological polar surface area (TPSA) is 98.7 Å². The first-order valence-corrected chi connectivity index (χ1v) is 5.13. The first kappa shape index (κ1) is 11.2. The van der Waals surface area contributed by atoms with Gasteiger partial charge in [-0.2, -0.15) is 5.10 Å². The Morgan fingerprint density at radius 2 is 2.24 bits per heavy atom. The Bertz CT molecular complexity index is 637. The maximum atomic E-state index is 11.5. The fourth-order valence-electron chi connectivity index (χ4n) is 1.61. The number of nitrogen functional groups attached to an aromatic ring is 1. The van der Waals surface area contributed by atoms with Crippen molar-refractivity contribution in [3.05, 3.63) is 44.9 Å². The first-order valence-electron chi connectivity index (χ1n) is 5.13. The molecule has 0 radical (unpaired) electrons. The number of nitrogens with one attached hydrogen (secondary N) is 1. The zero-order valence-electron chi connectivity index (χ0n) is 9.38. The lowest BCUT2D eigenvalue weighted by Gasteiger charge is -2.06. The highest BCUT2D eigenvalue weighted by Crippen LogP contribution is 2.01. The van der Waals surface area contributed by atoms with E-state index in [1.165, 1.54) is 10.6 Å². The Kier molecular flexibility index (Phi) is 2.82. The average molecular weight is 235 g/mol. The van der Waals surface area contributed by atoms with E-state index in [0.717, 1.165) is 5.56 Å². The molecule has 17 heavy (non-hydrogen) atoms. The summed E-state index contributed by atoms with van der Waals surface area (Å²) in [7, 11) is 1.82. The fraction of sp³-hybridized carbons (Fsp3) is 0.300. The molecule has 2 rings (SSSR count). The van der Waals surface area contributed by atoms with Crippen LogP contribution in [0.2, 0.25) is 0 Å². The minimum atomic E-state index is -0.487. The quantitative estimate of drug-likeness (QED) is 0.719. The van der Waals surface area contributed by atoms with E-state index in [0.29, 0.717) is 13.0 Å². The van der Waals surface area contributed by atoms with Gasteiger partial charge in [0.15, 0.2) is 0 Å². The number of aromatic amines is 1. The monoisotopic (exact) mass is 235 g/mol. The molecule has 0 atom stereocenters. The molecule has 2 aromatic heterocycles. The van der Waals surface area contributed by atoms with Crippen molar-refractivity contribution in [2.45, 2.75) is 13.0 Å². The molecule has 0 fully saturated rings. The van der Waals surface area contributed by atoms with Gasteiger partial charge in [0.1, 0.15) is 5.82 Å². The van der Waals surface area contributed by atoms with E-state index in [2.05, 4.69) is 10.1 Å². The molecule has 0 aliphatic carbocycles. The molecule has 0 spiro atoms. The lowest BCUT2D eigenvalue weighted by molar-refractivity contribution is 0.655. The number of aromatic nitrogens is 4. The Morgan fingerprint density at radius 3 is 2.82 bits per heavy atom. The molecule has 0 amide bonds. The molecule has 0 aliphatic rings. The Balaban J connectivity index is 2.20. The molecular weight excluding hydrogens is 222 g/mol. The van der Waals surface area contributed by atoms with Crippen molar-refractivity contribution in [2.75, 3.05) is 5.73 Å². The molecule has 3 N–H and O–H groups in total. The van der Waals surface area contributed by atoms with Gasteiger partial charge >= 0.3 is 5.69 Å². The molecule has 0 aromatic carbocycles. The fourth-order valence-corrected chi connectivity index (χ4v) is 1.61. The normalized spacial score (nSPS) is 10.6. The number of nitrogens with zero attached hydrogens (tertiary/aromatic N) is 3. The zero-order valence-corrected chi connectivity index (χ0v) is 9.38. The number of aryl methyl sites for hydroxylation is 2.